The van der Waals surface area contributed by atoms with Crippen LogP contribution in [0, 0.1) is 53.3 Å². The Bertz CT molecular complexity index is 2530. The van der Waals surface area contributed by atoms with Crippen LogP contribution >= 0.6 is 12.4 Å². The molecule has 0 saturated heterocycles. The van der Waals surface area contributed by atoms with E-state index in [-0.39, 0.29) is 53.9 Å². The van der Waals surface area contributed by atoms with Gasteiger partial charge in [0.2, 0.25) is 11.8 Å². The minimum atomic E-state index is -0.974. The molecule has 85 heavy (non-hydrogen) atoms. The molecule has 0 unspecified atom stereocenters. The van der Waals surface area contributed by atoms with Crippen molar-refractivity contribution in [3.8, 4) is 0 Å². The molecule has 0 aromatic heterocycles. The third kappa shape index (κ3) is 28.9. The van der Waals surface area contributed by atoms with E-state index in [1.165, 1.54) is 14.2 Å². The maximum atomic E-state index is 12.6. The van der Waals surface area contributed by atoms with E-state index in [9.17, 15) is 38.7 Å². The summed E-state index contributed by atoms with van der Waals surface area (Å²) in [5, 5.41) is 32.3. The van der Waals surface area contributed by atoms with Crippen molar-refractivity contribution in [2.24, 2.45) is 64.7 Å². The van der Waals surface area contributed by atoms with Crippen molar-refractivity contribution in [2.45, 2.75) is 168 Å². The van der Waals surface area contributed by atoms with Gasteiger partial charge >= 0.3 is 29.8 Å². The van der Waals surface area contributed by atoms with Crippen LogP contribution in [0.3, 0.4) is 0 Å². The molecule has 3 aliphatic carbocycles. The van der Waals surface area contributed by atoms with Crippen LogP contribution in [0.5, 0.6) is 0 Å². The summed E-state index contributed by atoms with van der Waals surface area (Å²) in [5.74, 6) is 0.748. The Morgan fingerprint density at radius 2 is 0.694 bits per heavy atom. The third-order valence-electron chi connectivity index (χ3n) is 16.6. The molecule has 2 amide bonds. The molecule has 470 valence electrons. The standard InChI is InChI=1S/C20H29NO3.C19H27NO3.C10H13NO2.C10H18O2.C9H11NO2.ClH/c1-14(2)16-9-11-17(12-10-16)19(22)21-18(20(23)24-3)13-15-7-5-4-6-8-15;1-13(2)15-8-10-16(11-9-15)18(21)20-17(19(22)23)12-14-6-4-3-5-7-14;1-13-10(12)9(11)7-8-5-3-2-4-6-8;1-7(2)8-3-5-9(6-4-8)10(11)12;10-8(9(11)12)6-7-4-2-1-3-5-7;/h4-8,14,16-18H,9-13H2,1-3H3,(H,21,22);3-7,13,15-17H,8-12H2,1-2H3,(H,20,21)(H,22,23);2-6,9H,7,11H2,1H3;7-9H,3-6H2,1-2H3,(H,11,12);1-5,8H,6,10H2,(H,11,12);1H/t16?,17?,18-;15?,16?,17-;9-;;8-;/m111.1./s1. The first-order valence-corrected chi connectivity index (χ1v) is 30.1. The van der Waals surface area contributed by atoms with E-state index in [2.05, 4.69) is 56.9 Å². The summed E-state index contributed by atoms with van der Waals surface area (Å²) in [4.78, 5) is 80.4. The lowest BCUT2D eigenvalue weighted by atomic mass is 9.76. The molecule has 17 heteroatoms. The van der Waals surface area contributed by atoms with E-state index in [1.807, 2.05) is 121 Å². The molecule has 0 heterocycles. The Morgan fingerprint density at radius 3 is 0.976 bits per heavy atom. The average molecular weight is 1200 g/mol. The molecular formula is C68H99ClN4O12. The van der Waals surface area contributed by atoms with Gasteiger partial charge in [0.1, 0.15) is 24.2 Å². The number of ether oxygens (including phenoxy) is 2. The summed E-state index contributed by atoms with van der Waals surface area (Å²) in [6.07, 6.45) is 13.5. The number of methoxy groups -OCH3 is 2. The molecule has 4 atom stereocenters. The topological polar surface area (TPSA) is 275 Å². The van der Waals surface area contributed by atoms with Gasteiger partial charge in [0, 0.05) is 24.7 Å². The van der Waals surface area contributed by atoms with Crippen molar-refractivity contribution in [3.63, 3.8) is 0 Å². The van der Waals surface area contributed by atoms with Crippen LogP contribution in [-0.2, 0) is 68.7 Å². The Hall–Kier alpha value is -6.62. The molecule has 16 nitrogen and oxygen atoms in total. The Balaban J connectivity index is 0.000000374. The number of carboxylic acids is 3. The fourth-order valence-corrected chi connectivity index (χ4v) is 11.0. The van der Waals surface area contributed by atoms with Gasteiger partial charge in [-0.1, -0.05) is 163 Å². The van der Waals surface area contributed by atoms with E-state index >= 15 is 0 Å². The van der Waals surface area contributed by atoms with Crippen molar-refractivity contribution in [3.05, 3.63) is 144 Å². The second-order valence-electron chi connectivity index (χ2n) is 23.7. The molecule has 4 aromatic rings. The van der Waals surface area contributed by atoms with E-state index in [4.69, 9.17) is 26.4 Å². The van der Waals surface area contributed by atoms with Crippen LogP contribution in [0.4, 0.5) is 0 Å². The number of esters is 2. The van der Waals surface area contributed by atoms with Gasteiger partial charge in [-0.3, -0.25) is 24.0 Å². The van der Waals surface area contributed by atoms with Crippen LogP contribution in [0.1, 0.15) is 141 Å². The van der Waals surface area contributed by atoms with Gasteiger partial charge in [-0.05, 0) is 148 Å². The Labute approximate surface area is 511 Å². The minimum absolute atomic E-state index is 0. The fraction of sp³-hybridized carbons (Fsp3) is 0.544. The van der Waals surface area contributed by atoms with Gasteiger partial charge < -0.3 is 46.9 Å². The number of nitrogens with one attached hydrogen (secondary N) is 2. The first-order valence-electron chi connectivity index (χ1n) is 30.1. The summed E-state index contributed by atoms with van der Waals surface area (Å²) >= 11 is 0. The average Bonchev–Trinajstić information content (AvgIpc) is 3.52. The lowest BCUT2D eigenvalue weighted by Crippen LogP contribution is -2.46. The van der Waals surface area contributed by atoms with E-state index in [0.29, 0.717) is 43.4 Å². The lowest BCUT2D eigenvalue weighted by molar-refractivity contribution is -0.145. The lowest BCUT2D eigenvalue weighted by Gasteiger charge is -2.31. The summed E-state index contributed by atoms with van der Waals surface area (Å²) in [7, 11) is 2.70. The number of benzene rings is 4. The smallest absolute Gasteiger partial charge is 0.328 e. The highest BCUT2D eigenvalue weighted by atomic mass is 35.5. The predicted molar refractivity (Wildman–Crippen MR) is 335 cm³/mol. The van der Waals surface area contributed by atoms with Gasteiger partial charge in [-0.2, -0.15) is 0 Å². The van der Waals surface area contributed by atoms with Crippen molar-refractivity contribution < 1.29 is 58.4 Å². The van der Waals surface area contributed by atoms with Gasteiger partial charge in [0.15, 0.2) is 0 Å². The molecule has 4 aromatic carbocycles. The number of carbonyl (C=O) groups excluding carboxylic acids is 4. The molecule has 9 N–H and O–H groups in total. The number of aliphatic carboxylic acids is 3. The quantitative estimate of drug-likeness (QED) is 0.0406. The summed E-state index contributed by atoms with van der Waals surface area (Å²) in [5.41, 5.74) is 14.9. The number of rotatable bonds is 20. The van der Waals surface area contributed by atoms with Crippen LogP contribution in [0.15, 0.2) is 121 Å². The highest BCUT2D eigenvalue weighted by Gasteiger charge is 2.33. The third-order valence-corrected chi connectivity index (χ3v) is 16.6. The number of nitrogens with two attached hydrogens (primary N) is 2. The van der Waals surface area contributed by atoms with Gasteiger partial charge in [-0.15, -0.1) is 12.4 Å². The second-order valence-corrected chi connectivity index (χ2v) is 23.7. The van der Waals surface area contributed by atoms with Crippen molar-refractivity contribution >= 4 is 54.1 Å². The first-order chi connectivity index (χ1) is 40.0. The number of halogens is 1. The molecule has 3 fully saturated rings. The van der Waals surface area contributed by atoms with E-state index in [1.54, 1.807) is 0 Å². The minimum Gasteiger partial charge on any atom is -0.481 e. The van der Waals surface area contributed by atoms with Crippen molar-refractivity contribution in [1.82, 2.24) is 10.6 Å². The molecule has 3 aliphatic rings. The molecule has 0 spiro atoms. The fourth-order valence-electron chi connectivity index (χ4n) is 11.0. The Morgan fingerprint density at radius 1 is 0.412 bits per heavy atom. The monoisotopic (exact) mass is 1200 g/mol. The molecule has 3 saturated carbocycles. The number of carboxylic acid groups (broad SMARTS) is 3. The predicted octanol–water partition coefficient (Wildman–Crippen LogP) is 10.9. The number of amides is 2. The van der Waals surface area contributed by atoms with E-state index in [0.717, 1.165) is 117 Å². The van der Waals surface area contributed by atoms with Gasteiger partial charge in [0.25, 0.3) is 0 Å². The van der Waals surface area contributed by atoms with Gasteiger partial charge in [-0.25, -0.2) is 9.59 Å². The van der Waals surface area contributed by atoms with Crippen LogP contribution in [0.2, 0.25) is 0 Å². The molecule has 0 bridgehead atoms. The van der Waals surface area contributed by atoms with Gasteiger partial charge in [0.05, 0.1) is 20.1 Å². The summed E-state index contributed by atoms with van der Waals surface area (Å²) in [6, 6.07) is 35.3. The second kappa shape index (κ2) is 40.7. The largest absolute Gasteiger partial charge is 0.481 e. The van der Waals surface area contributed by atoms with Crippen LogP contribution in [-0.4, -0.2) is 95.4 Å². The van der Waals surface area contributed by atoms with Crippen molar-refractivity contribution in [1.29, 1.82) is 0 Å². The molecular weight excluding hydrogens is 1100 g/mol. The normalized spacial score (nSPS) is 20.2. The Kier molecular flexibility index (Phi) is 35.6. The number of carbonyl (C=O) groups is 7. The van der Waals surface area contributed by atoms with Crippen LogP contribution < -0.4 is 22.1 Å². The zero-order chi connectivity index (χ0) is 62.1. The zero-order valence-electron chi connectivity index (χ0n) is 51.4. The maximum absolute atomic E-state index is 12.6. The van der Waals surface area contributed by atoms with Crippen LogP contribution in [0.25, 0.3) is 0 Å². The molecule has 0 radical (unpaired) electrons. The highest BCUT2D eigenvalue weighted by Crippen LogP contribution is 2.35. The summed E-state index contributed by atoms with van der Waals surface area (Å²) in [6.45, 7) is 13.4. The highest BCUT2D eigenvalue weighted by molar-refractivity contribution is 5.86. The first kappa shape index (κ1) is 74.5. The summed E-state index contributed by atoms with van der Waals surface area (Å²) < 4.78 is 9.39. The SMILES string of the molecule is CC(C)C1CCC(C(=O)N[C@H](Cc2ccccc2)C(=O)O)CC1.CC(C)C1CCC(C(=O)O)CC1.COC(=O)[C@@H](Cc1ccccc1)NC(=O)C1CCC(C(C)C)CC1.COC(=O)[C@H](N)Cc1ccccc1.Cl.N[C@H](Cc1ccccc1)C(=O)O. The van der Waals surface area contributed by atoms with E-state index < -0.39 is 42.1 Å². The molecule has 7 rings (SSSR count). The number of hydrogen-bond acceptors (Lipinski definition) is 11. The maximum Gasteiger partial charge on any atom is 0.328 e. The number of hydrogen-bond donors (Lipinski definition) is 7. The van der Waals surface area contributed by atoms with Crippen molar-refractivity contribution in [2.75, 3.05) is 14.2 Å². The zero-order valence-corrected chi connectivity index (χ0v) is 52.3. The molecule has 0 aliphatic heterocycles.